The summed E-state index contributed by atoms with van der Waals surface area (Å²) in [6.07, 6.45) is 8.12. The first-order chi connectivity index (χ1) is 34.4. The first kappa shape index (κ1) is 52.8. The summed E-state index contributed by atoms with van der Waals surface area (Å²) in [6, 6.07) is 19.3. The van der Waals surface area contributed by atoms with Gasteiger partial charge in [-0.3, -0.25) is 39.6 Å². The van der Waals surface area contributed by atoms with Crippen LogP contribution in [0.4, 0.5) is 0 Å². The Labute approximate surface area is 420 Å². The smallest absolute Gasteiger partial charge is 0.243 e. The van der Waals surface area contributed by atoms with E-state index in [4.69, 9.17) is 44.9 Å². The lowest BCUT2D eigenvalue weighted by atomic mass is 9.99. The number of rotatable bonds is 18. The molecule has 0 aromatic heterocycles. The van der Waals surface area contributed by atoms with Crippen LogP contribution in [0.2, 0.25) is 0 Å². The molecule has 0 spiro atoms. The summed E-state index contributed by atoms with van der Waals surface area (Å²) in [6.45, 7) is 4.74. The van der Waals surface area contributed by atoms with Crippen LogP contribution in [0.15, 0.2) is 72.8 Å². The molecule has 6 fully saturated rings. The summed E-state index contributed by atoms with van der Waals surface area (Å²) >= 11 is 0. The van der Waals surface area contributed by atoms with E-state index in [0.29, 0.717) is 93.1 Å². The minimum Gasteiger partial charge on any atom is -0.384 e. The Balaban J connectivity index is 0.000000158. The molecule has 3 saturated carbocycles. The third kappa shape index (κ3) is 13.5. The molecule has 3 heterocycles. The second-order valence-electron chi connectivity index (χ2n) is 19.8. The van der Waals surface area contributed by atoms with Crippen LogP contribution in [-0.4, -0.2) is 123 Å². The quantitative estimate of drug-likeness (QED) is 0.0628. The second kappa shape index (κ2) is 23.5. The zero-order valence-corrected chi connectivity index (χ0v) is 40.9. The van der Waals surface area contributed by atoms with E-state index in [1.54, 1.807) is 45.9 Å². The van der Waals surface area contributed by atoms with Crippen molar-refractivity contribution in [1.82, 2.24) is 30.7 Å². The van der Waals surface area contributed by atoms with Crippen molar-refractivity contribution < 1.29 is 28.8 Å². The van der Waals surface area contributed by atoms with Gasteiger partial charge in [0.25, 0.3) is 0 Å². The molecule has 3 aromatic carbocycles. The molecule has 6 aliphatic rings. The Morgan fingerprint density at radius 1 is 0.458 bits per heavy atom. The molecule has 20 nitrogen and oxygen atoms in total. The summed E-state index contributed by atoms with van der Waals surface area (Å²) < 4.78 is 0. The van der Waals surface area contributed by atoms with Gasteiger partial charge in [0.2, 0.25) is 35.4 Å². The summed E-state index contributed by atoms with van der Waals surface area (Å²) in [7, 11) is 0. The SMILES string of the molecule is CC(=N)c1ccc(CNC(=O)[C@@H]2CCN2C(=O)[C@H](N)C2CC2)cc1.N=C(N)c1ccc(CNC(=O)[C@@H]2CCN2C(=O)[C@H](N)C2CC2)cc1.N=C(N)c1ccc(CNC(=O)[C@@H]2CCN2C(=O)[C@H](N)C2CC2)cc1. The number of nitrogens with two attached hydrogens (primary N) is 5. The average Bonchev–Trinajstić information content (AvgIpc) is 4.15. The molecule has 6 amide bonds. The molecule has 72 heavy (non-hydrogen) atoms. The van der Waals surface area contributed by atoms with Crippen molar-refractivity contribution >= 4 is 52.8 Å². The lowest BCUT2D eigenvalue weighted by molar-refractivity contribution is -0.148. The van der Waals surface area contributed by atoms with Crippen molar-refractivity contribution in [3.8, 4) is 0 Å². The van der Waals surface area contributed by atoms with Crippen LogP contribution < -0.4 is 44.6 Å². The maximum Gasteiger partial charge on any atom is 0.243 e. The Kier molecular flexibility index (Phi) is 17.2. The van der Waals surface area contributed by atoms with Gasteiger partial charge in [-0.1, -0.05) is 72.8 Å². The number of carbonyl (C=O) groups excluding carboxylic acids is 6. The van der Waals surface area contributed by atoms with Crippen LogP contribution in [0.1, 0.15) is 98.1 Å². The highest BCUT2D eigenvalue weighted by molar-refractivity contribution is 5.97. The molecule has 0 bridgehead atoms. The van der Waals surface area contributed by atoms with Crippen molar-refractivity contribution in [3.63, 3.8) is 0 Å². The van der Waals surface area contributed by atoms with Gasteiger partial charge in [0.1, 0.15) is 29.8 Å². The van der Waals surface area contributed by atoms with Gasteiger partial charge in [-0.05, 0) is 105 Å². The maximum atomic E-state index is 12.3. The molecule has 3 saturated heterocycles. The lowest BCUT2D eigenvalue weighted by Crippen LogP contribution is -2.61. The molecule has 20 heteroatoms. The van der Waals surface area contributed by atoms with E-state index in [-0.39, 0.29) is 53.2 Å². The van der Waals surface area contributed by atoms with E-state index in [2.05, 4.69) is 16.0 Å². The monoisotopic (exact) mass is 987 g/mol. The number of benzene rings is 3. The van der Waals surface area contributed by atoms with Gasteiger partial charge < -0.3 is 64.7 Å². The van der Waals surface area contributed by atoms with Crippen LogP contribution in [0.5, 0.6) is 0 Å². The van der Waals surface area contributed by atoms with Gasteiger partial charge in [0.05, 0.1) is 18.1 Å². The van der Waals surface area contributed by atoms with E-state index in [0.717, 1.165) is 60.8 Å². The third-order valence-electron chi connectivity index (χ3n) is 14.4. The minimum absolute atomic E-state index is 0.0150. The van der Waals surface area contributed by atoms with Crippen molar-refractivity contribution in [2.75, 3.05) is 19.6 Å². The number of likely N-dealkylation sites (tertiary alicyclic amines) is 3. The highest BCUT2D eigenvalue weighted by Gasteiger charge is 2.45. The average molecular weight is 987 g/mol. The molecule has 16 N–H and O–H groups in total. The first-order valence-electron chi connectivity index (χ1n) is 24.9. The predicted octanol–water partition coefficient (Wildman–Crippen LogP) is 0.879. The van der Waals surface area contributed by atoms with Crippen molar-refractivity contribution in [2.24, 2.45) is 46.4 Å². The first-order valence-corrected chi connectivity index (χ1v) is 24.9. The topological polar surface area (TPSA) is 350 Å². The lowest BCUT2D eigenvalue weighted by Gasteiger charge is -2.41. The largest absolute Gasteiger partial charge is 0.384 e. The fraction of sp³-hybridized carbons (Fsp3) is 0.481. The standard InChI is InChI=1S/C18H24N4O2.2C17H23N5O2/c1-11(19)13-4-2-12(3-5-13)10-21-17(23)15-8-9-22(15)18(24)16(20)14-6-7-14;2*18-14(11-5-6-11)17(24)22-8-7-13(22)16(23)21-9-10-1-3-12(4-2-10)15(19)20/h2-5,14-16,19H,6-10,20H2,1H3,(H,21,23);2*1-4,11,13-14H,5-9,18H2,(H3,19,20)(H,21,23)/t15-,16+;2*13-,14+/m000/s1. The molecule has 384 valence electrons. The third-order valence-corrected chi connectivity index (χ3v) is 14.4. The Bertz CT molecular complexity index is 2230. The predicted molar refractivity (Wildman–Crippen MR) is 272 cm³/mol. The van der Waals surface area contributed by atoms with E-state index >= 15 is 0 Å². The molecule has 0 unspecified atom stereocenters. The zero-order valence-electron chi connectivity index (χ0n) is 40.9. The molecule has 9 rings (SSSR count). The molecule has 3 aromatic rings. The van der Waals surface area contributed by atoms with Crippen LogP contribution in [0, 0.1) is 34.0 Å². The van der Waals surface area contributed by atoms with Gasteiger partial charge in [0, 0.05) is 56.1 Å². The van der Waals surface area contributed by atoms with Crippen LogP contribution in [-0.2, 0) is 48.4 Å². The maximum absolute atomic E-state index is 12.3. The fourth-order valence-electron chi connectivity index (χ4n) is 8.71. The number of hydrogen-bond donors (Lipinski definition) is 11. The number of nitrogens with zero attached hydrogens (tertiary/aromatic N) is 3. The van der Waals surface area contributed by atoms with Crippen molar-refractivity contribution in [2.45, 2.75) is 121 Å². The van der Waals surface area contributed by atoms with Gasteiger partial charge >= 0.3 is 0 Å². The highest BCUT2D eigenvalue weighted by atomic mass is 16.2. The van der Waals surface area contributed by atoms with Gasteiger partial charge in [-0.15, -0.1) is 0 Å². The number of amides is 6. The number of nitrogens with one attached hydrogen (secondary N) is 6. The van der Waals surface area contributed by atoms with Crippen LogP contribution in [0.25, 0.3) is 0 Å². The second-order valence-corrected chi connectivity index (χ2v) is 19.8. The number of amidine groups is 2. The normalized spacial score (nSPS) is 20.9. The molecule has 3 aliphatic carbocycles. The van der Waals surface area contributed by atoms with Crippen LogP contribution >= 0.6 is 0 Å². The Morgan fingerprint density at radius 3 is 0.903 bits per heavy atom. The number of nitrogen functional groups attached to an aromatic ring is 2. The summed E-state index contributed by atoms with van der Waals surface area (Å²) in [4.78, 5) is 78.6. The number of hydrogen-bond acceptors (Lipinski definition) is 12. The molecular formula is C52H70N14O6. The molecule has 0 radical (unpaired) electrons. The Hall–Kier alpha value is -7.03. The fourth-order valence-corrected chi connectivity index (χ4v) is 8.71. The molecular weight excluding hydrogens is 917 g/mol. The van der Waals surface area contributed by atoms with Crippen molar-refractivity contribution in [1.29, 1.82) is 16.2 Å². The summed E-state index contributed by atoms with van der Waals surface area (Å²) in [5.74, 6) is 0.216. The van der Waals surface area contributed by atoms with Crippen LogP contribution in [0.3, 0.4) is 0 Å². The van der Waals surface area contributed by atoms with E-state index < -0.39 is 30.2 Å². The number of carbonyl (C=O) groups is 6. The van der Waals surface area contributed by atoms with Crippen molar-refractivity contribution in [3.05, 3.63) is 106 Å². The van der Waals surface area contributed by atoms with E-state index in [1.807, 2.05) is 48.5 Å². The minimum atomic E-state index is -0.459. The molecule has 3 aliphatic heterocycles. The zero-order chi connectivity index (χ0) is 51.8. The van der Waals surface area contributed by atoms with E-state index in [9.17, 15) is 28.8 Å². The summed E-state index contributed by atoms with van der Waals surface area (Å²) in [5, 5.41) is 30.9. The summed E-state index contributed by atoms with van der Waals surface area (Å²) in [5.41, 5.74) is 34.2. The van der Waals surface area contributed by atoms with E-state index in [1.165, 1.54) is 0 Å². The molecule has 6 atom stereocenters. The Morgan fingerprint density at radius 2 is 0.708 bits per heavy atom. The van der Waals surface area contributed by atoms with Gasteiger partial charge in [-0.2, -0.15) is 0 Å². The highest BCUT2D eigenvalue weighted by Crippen LogP contribution is 2.35. The van der Waals surface area contributed by atoms with Gasteiger partial charge in [-0.25, -0.2) is 0 Å². The van der Waals surface area contributed by atoms with Gasteiger partial charge in [0.15, 0.2) is 0 Å².